The van der Waals surface area contributed by atoms with Gasteiger partial charge in [0.1, 0.15) is 5.75 Å². The summed E-state index contributed by atoms with van der Waals surface area (Å²) in [6, 6.07) is 12.6. The van der Waals surface area contributed by atoms with Crippen LogP contribution in [-0.2, 0) is 9.59 Å². The Balaban J connectivity index is 1.32. The lowest BCUT2D eigenvalue weighted by molar-refractivity contribution is -0.123. The first kappa shape index (κ1) is 17.8. The quantitative estimate of drug-likeness (QED) is 0.844. The molecule has 1 spiro atoms. The second-order valence-electron chi connectivity index (χ2n) is 7.68. The van der Waals surface area contributed by atoms with E-state index in [1.54, 1.807) is 23.1 Å². The number of anilines is 2. The number of benzene rings is 2. The highest BCUT2D eigenvalue weighted by molar-refractivity contribution is 5.99. The van der Waals surface area contributed by atoms with Gasteiger partial charge in [0.15, 0.2) is 17.6 Å². The molecule has 1 atom stereocenters. The van der Waals surface area contributed by atoms with Gasteiger partial charge in [-0.15, -0.1) is 0 Å². The molecule has 0 bridgehead atoms. The second-order valence-corrected chi connectivity index (χ2v) is 7.68. The molecule has 0 aromatic heterocycles. The lowest BCUT2D eigenvalue weighted by Crippen LogP contribution is -2.48. The van der Waals surface area contributed by atoms with E-state index in [9.17, 15) is 9.59 Å². The van der Waals surface area contributed by atoms with Crippen molar-refractivity contribution in [1.29, 1.82) is 0 Å². The molecule has 5 rings (SSSR count). The van der Waals surface area contributed by atoms with E-state index in [2.05, 4.69) is 5.32 Å². The Morgan fingerprint density at radius 1 is 1.03 bits per heavy atom. The van der Waals surface area contributed by atoms with Crippen LogP contribution in [0.2, 0.25) is 0 Å². The van der Waals surface area contributed by atoms with Gasteiger partial charge in [0, 0.05) is 31.5 Å². The van der Waals surface area contributed by atoms with Crippen molar-refractivity contribution in [3.8, 4) is 17.2 Å². The Morgan fingerprint density at radius 2 is 1.79 bits per heavy atom. The molecule has 29 heavy (non-hydrogen) atoms. The number of nitrogens with one attached hydrogen (secondary N) is 1. The summed E-state index contributed by atoms with van der Waals surface area (Å²) in [5.74, 6) is 0.871. The normalized spacial score (nSPS) is 20.9. The SMILES string of the molecule is CC(=O)N1C[C@@H](C(=O)Nc2ccc3c(c2)OC2(CCCC2)O3)Oc2ccccc21. The molecular formula is C22H22N2O5. The Kier molecular flexibility index (Phi) is 4.12. The molecule has 2 aromatic rings. The van der Waals surface area contributed by atoms with E-state index in [-0.39, 0.29) is 18.4 Å². The number of fused-ring (bicyclic) bond motifs is 2. The molecular weight excluding hydrogens is 372 g/mol. The molecule has 2 aliphatic heterocycles. The summed E-state index contributed by atoms with van der Waals surface area (Å²) in [6.07, 6.45) is 3.12. The number of amides is 2. The molecule has 2 amide bonds. The summed E-state index contributed by atoms with van der Waals surface area (Å²) in [5.41, 5.74) is 1.28. The summed E-state index contributed by atoms with van der Waals surface area (Å²) in [4.78, 5) is 26.5. The van der Waals surface area contributed by atoms with Crippen LogP contribution in [0.5, 0.6) is 17.2 Å². The van der Waals surface area contributed by atoms with Gasteiger partial charge in [0.25, 0.3) is 11.7 Å². The smallest absolute Gasteiger partial charge is 0.267 e. The van der Waals surface area contributed by atoms with E-state index in [1.165, 1.54) is 6.92 Å². The van der Waals surface area contributed by atoms with Crippen molar-refractivity contribution >= 4 is 23.2 Å². The summed E-state index contributed by atoms with van der Waals surface area (Å²) in [7, 11) is 0. The van der Waals surface area contributed by atoms with Gasteiger partial charge < -0.3 is 24.4 Å². The molecule has 150 valence electrons. The summed E-state index contributed by atoms with van der Waals surface area (Å²) >= 11 is 0. The number of rotatable bonds is 2. The molecule has 1 fully saturated rings. The Morgan fingerprint density at radius 3 is 2.59 bits per heavy atom. The average molecular weight is 394 g/mol. The molecule has 3 aliphatic rings. The lowest BCUT2D eigenvalue weighted by atomic mass is 10.1. The molecule has 2 heterocycles. The zero-order valence-corrected chi connectivity index (χ0v) is 16.1. The highest BCUT2D eigenvalue weighted by Crippen LogP contribution is 2.47. The number of carbonyl (C=O) groups is 2. The Labute approximate surface area is 168 Å². The molecule has 1 aliphatic carbocycles. The van der Waals surface area contributed by atoms with Gasteiger partial charge in [0.05, 0.1) is 12.2 Å². The van der Waals surface area contributed by atoms with Gasteiger partial charge in [-0.3, -0.25) is 9.59 Å². The van der Waals surface area contributed by atoms with Crippen molar-refractivity contribution in [3.63, 3.8) is 0 Å². The first-order valence-electron chi connectivity index (χ1n) is 9.90. The van der Waals surface area contributed by atoms with Crippen LogP contribution in [0.3, 0.4) is 0 Å². The number of carbonyl (C=O) groups excluding carboxylic acids is 2. The van der Waals surface area contributed by atoms with E-state index in [4.69, 9.17) is 14.2 Å². The second kappa shape index (κ2) is 6.69. The van der Waals surface area contributed by atoms with Crippen molar-refractivity contribution < 1.29 is 23.8 Å². The van der Waals surface area contributed by atoms with Gasteiger partial charge in [0.2, 0.25) is 5.91 Å². The number of hydrogen-bond acceptors (Lipinski definition) is 5. The minimum atomic E-state index is -0.805. The fourth-order valence-corrected chi connectivity index (χ4v) is 4.18. The van der Waals surface area contributed by atoms with E-state index in [0.29, 0.717) is 28.6 Å². The number of hydrogen-bond donors (Lipinski definition) is 1. The fraction of sp³-hybridized carbons (Fsp3) is 0.364. The van der Waals surface area contributed by atoms with E-state index in [0.717, 1.165) is 25.7 Å². The van der Waals surface area contributed by atoms with Crippen LogP contribution < -0.4 is 24.4 Å². The minimum Gasteiger partial charge on any atom is -0.476 e. The summed E-state index contributed by atoms with van der Waals surface area (Å²) in [6.45, 7) is 1.64. The van der Waals surface area contributed by atoms with E-state index < -0.39 is 11.9 Å². The molecule has 1 N–H and O–H groups in total. The van der Waals surface area contributed by atoms with Crippen LogP contribution >= 0.6 is 0 Å². The lowest BCUT2D eigenvalue weighted by Gasteiger charge is -2.33. The van der Waals surface area contributed by atoms with Crippen LogP contribution in [0, 0.1) is 0 Å². The third-order valence-electron chi connectivity index (χ3n) is 5.61. The number of nitrogens with zero attached hydrogens (tertiary/aromatic N) is 1. The molecule has 1 saturated carbocycles. The van der Waals surface area contributed by atoms with Crippen LogP contribution in [-0.4, -0.2) is 30.3 Å². The standard InChI is InChI=1S/C22H22N2O5/c1-14(25)24-13-20(27-17-7-3-2-6-16(17)24)21(26)23-15-8-9-18-19(12-15)29-22(28-18)10-4-5-11-22/h2-3,6-9,12,20H,4-5,10-11,13H2,1H3,(H,23,26)/t20-/m0/s1. The predicted octanol–water partition coefficient (Wildman–Crippen LogP) is 3.48. The highest BCUT2D eigenvalue weighted by Gasteiger charge is 2.44. The molecule has 7 heteroatoms. The first-order chi connectivity index (χ1) is 14.0. The van der Waals surface area contributed by atoms with Gasteiger partial charge in [-0.05, 0) is 37.1 Å². The topological polar surface area (TPSA) is 77.1 Å². The maximum Gasteiger partial charge on any atom is 0.267 e. The maximum atomic E-state index is 12.8. The third-order valence-corrected chi connectivity index (χ3v) is 5.61. The highest BCUT2D eigenvalue weighted by atomic mass is 16.7. The minimum absolute atomic E-state index is 0.136. The van der Waals surface area contributed by atoms with Crippen LogP contribution in [0.1, 0.15) is 32.6 Å². The molecule has 0 radical (unpaired) electrons. The zero-order valence-electron chi connectivity index (χ0n) is 16.1. The first-order valence-corrected chi connectivity index (χ1v) is 9.90. The third kappa shape index (κ3) is 3.16. The van der Waals surface area contributed by atoms with Crippen LogP contribution in [0.15, 0.2) is 42.5 Å². The van der Waals surface area contributed by atoms with Crippen molar-refractivity contribution in [2.24, 2.45) is 0 Å². The largest absolute Gasteiger partial charge is 0.476 e. The monoisotopic (exact) mass is 394 g/mol. The maximum absolute atomic E-state index is 12.8. The van der Waals surface area contributed by atoms with Gasteiger partial charge in [-0.25, -0.2) is 0 Å². The summed E-state index contributed by atoms with van der Waals surface area (Å²) in [5, 5.41) is 2.87. The van der Waals surface area contributed by atoms with E-state index >= 15 is 0 Å². The van der Waals surface area contributed by atoms with Gasteiger partial charge in [-0.1, -0.05) is 12.1 Å². The Hall–Kier alpha value is -3.22. The van der Waals surface area contributed by atoms with Crippen molar-refractivity contribution in [2.45, 2.75) is 44.5 Å². The van der Waals surface area contributed by atoms with Crippen LogP contribution in [0.25, 0.3) is 0 Å². The number of ether oxygens (including phenoxy) is 3. The van der Waals surface area contributed by atoms with E-state index in [1.807, 2.05) is 24.3 Å². The predicted molar refractivity (Wildman–Crippen MR) is 106 cm³/mol. The van der Waals surface area contributed by atoms with Crippen molar-refractivity contribution in [3.05, 3.63) is 42.5 Å². The molecule has 2 aromatic carbocycles. The fourth-order valence-electron chi connectivity index (χ4n) is 4.18. The summed E-state index contributed by atoms with van der Waals surface area (Å²) < 4.78 is 17.9. The van der Waals surface area contributed by atoms with Gasteiger partial charge in [-0.2, -0.15) is 0 Å². The molecule has 0 unspecified atom stereocenters. The number of para-hydroxylation sites is 2. The Bertz CT molecular complexity index is 983. The van der Waals surface area contributed by atoms with Crippen molar-refractivity contribution in [2.75, 3.05) is 16.8 Å². The average Bonchev–Trinajstić information content (AvgIpc) is 3.32. The molecule has 7 nitrogen and oxygen atoms in total. The molecule has 0 saturated heterocycles. The van der Waals surface area contributed by atoms with Crippen LogP contribution in [0.4, 0.5) is 11.4 Å². The van der Waals surface area contributed by atoms with Crippen molar-refractivity contribution in [1.82, 2.24) is 0 Å². The van der Waals surface area contributed by atoms with Gasteiger partial charge >= 0.3 is 0 Å². The zero-order chi connectivity index (χ0) is 20.0.